The highest BCUT2D eigenvalue weighted by Crippen LogP contribution is 2.27. The van der Waals surface area contributed by atoms with Crippen LogP contribution in [0.25, 0.3) is 6.08 Å². The maximum Gasteiger partial charge on any atom is 0.330 e. The summed E-state index contributed by atoms with van der Waals surface area (Å²) in [5.74, 6) is -0.427. The van der Waals surface area contributed by atoms with Crippen LogP contribution in [-0.4, -0.2) is 37.9 Å². The van der Waals surface area contributed by atoms with E-state index in [9.17, 15) is 4.79 Å². The molecule has 0 atom stereocenters. The minimum atomic E-state index is -0.427. The number of aryl methyl sites for hydroxylation is 1. The molecule has 19 heavy (non-hydrogen) atoms. The van der Waals surface area contributed by atoms with Gasteiger partial charge in [-0.2, -0.15) is 0 Å². The topological polar surface area (TPSA) is 49.8 Å². The third-order valence-electron chi connectivity index (χ3n) is 3.20. The SMILES string of the molecule is CN1CCCc2cc(/C=C/C(=O)OCCO)ccc21. The minimum Gasteiger partial charge on any atom is -0.460 e. The molecule has 4 nitrogen and oxygen atoms in total. The number of aliphatic hydroxyl groups is 1. The van der Waals surface area contributed by atoms with Crippen LogP contribution in [0.1, 0.15) is 17.5 Å². The van der Waals surface area contributed by atoms with Gasteiger partial charge in [0.15, 0.2) is 0 Å². The Balaban J connectivity index is 2.06. The first-order valence-electron chi connectivity index (χ1n) is 6.50. The number of aliphatic hydroxyl groups excluding tert-OH is 1. The summed E-state index contributed by atoms with van der Waals surface area (Å²) in [5.41, 5.74) is 3.58. The number of carbonyl (C=O) groups is 1. The van der Waals surface area contributed by atoms with Crippen LogP contribution in [0.4, 0.5) is 5.69 Å². The lowest BCUT2D eigenvalue weighted by Gasteiger charge is -2.27. The third-order valence-corrected chi connectivity index (χ3v) is 3.20. The van der Waals surface area contributed by atoms with Crippen molar-refractivity contribution < 1.29 is 14.6 Å². The van der Waals surface area contributed by atoms with E-state index in [1.807, 2.05) is 6.07 Å². The summed E-state index contributed by atoms with van der Waals surface area (Å²) in [4.78, 5) is 13.5. The third kappa shape index (κ3) is 3.58. The summed E-state index contributed by atoms with van der Waals surface area (Å²) < 4.78 is 4.76. The number of nitrogens with zero attached hydrogens (tertiary/aromatic N) is 1. The second kappa shape index (κ2) is 6.38. The van der Waals surface area contributed by atoms with Gasteiger partial charge in [0.2, 0.25) is 0 Å². The van der Waals surface area contributed by atoms with Gasteiger partial charge in [0.05, 0.1) is 6.61 Å². The van der Waals surface area contributed by atoms with Crippen LogP contribution in [0.2, 0.25) is 0 Å². The van der Waals surface area contributed by atoms with Crippen molar-refractivity contribution in [3.05, 3.63) is 35.4 Å². The lowest BCUT2D eigenvalue weighted by atomic mass is 9.99. The Kier molecular flexibility index (Phi) is 4.58. The molecule has 1 aliphatic rings. The van der Waals surface area contributed by atoms with E-state index in [0.717, 1.165) is 24.9 Å². The van der Waals surface area contributed by atoms with E-state index in [2.05, 4.69) is 24.1 Å². The van der Waals surface area contributed by atoms with Crippen LogP contribution < -0.4 is 4.90 Å². The Morgan fingerprint density at radius 3 is 3.16 bits per heavy atom. The largest absolute Gasteiger partial charge is 0.460 e. The molecule has 2 rings (SSSR count). The molecule has 1 N–H and O–H groups in total. The molecule has 0 saturated carbocycles. The Hall–Kier alpha value is -1.81. The van der Waals surface area contributed by atoms with E-state index < -0.39 is 5.97 Å². The van der Waals surface area contributed by atoms with Crippen molar-refractivity contribution in [3.8, 4) is 0 Å². The van der Waals surface area contributed by atoms with E-state index in [1.54, 1.807) is 6.08 Å². The van der Waals surface area contributed by atoms with Crippen molar-refractivity contribution >= 4 is 17.7 Å². The Bertz CT molecular complexity index is 482. The van der Waals surface area contributed by atoms with Gasteiger partial charge in [-0.1, -0.05) is 6.07 Å². The fourth-order valence-electron chi connectivity index (χ4n) is 2.27. The maximum absolute atomic E-state index is 11.3. The highest BCUT2D eigenvalue weighted by Gasteiger charge is 2.12. The van der Waals surface area contributed by atoms with Crippen LogP contribution in [0, 0.1) is 0 Å². The molecule has 1 heterocycles. The zero-order valence-corrected chi connectivity index (χ0v) is 11.1. The first-order chi connectivity index (χ1) is 9.20. The second-order valence-electron chi connectivity index (χ2n) is 4.64. The van der Waals surface area contributed by atoms with E-state index in [-0.39, 0.29) is 13.2 Å². The maximum atomic E-state index is 11.3. The lowest BCUT2D eigenvalue weighted by Crippen LogP contribution is -2.24. The van der Waals surface area contributed by atoms with Gasteiger partial charge < -0.3 is 14.7 Å². The molecule has 0 aliphatic carbocycles. The number of carbonyl (C=O) groups excluding carboxylic acids is 1. The molecule has 0 spiro atoms. The van der Waals surface area contributed by atoms with Crippen molar-refractivity contribution in [3.63, 3.8) is 0 Å². The Labute approximate surface area is 113 Å². The quantitative estimate of drug-likeness (QED) is 0.661. The van der Waals surface area contributed by atoms with Gasteiger partial charge in [0.25, 0.3) is 0 Å². The number of anilines is 1. The van der Waals surface area contributed by atoms with Crippen LogP contribution >= 0.6 is 0 Å². The average Bonchev–Trinajstić information content (AvgIpc) is 2.43. The average molecular weight is 261 g/mol. The standard InChI is InChI=1S/C15H19NO3/c1-16-8-2-3-13-11-12(4-6-14(13)16)5-7-15(18)19-10-9-17/h4-7,11,17H,2-3,8-10H2,1H3/b7-5+. The van der Waals surface area contributed by atoms with Gasteiger partial charge in [0.1, 0.15) is 6.61 Å². The molecule has 0 fully saturated rings. The molecule has 0 saturated heterocycles. The summed E-state index contributed by atoms with van der Waals surface area (Å²) in [7, 11) is 2.10. The summed E-state index contributed by atoms with van der Waals surface area (Å²) in [6, 6.07) is 6.20. The van der Waals surface area contributed by atoms with Crippen molar-refractivity contribution in [1.29, 1.82) is 0 Å². The van der Waals surface area contributed by atoms with E-state index >= 15 is 0 Å². The van der Waals surface area contributed by atoms with Crippen molar-refractivity contribution in [2.45, 2.75) is 12.8 Å². The summed E-state index contributed by atoms with van der Waals surface area (Å²) in [6.45, 7) is 0.985. The van der Waals surface area contributed by atoms with Crippen LogP contribution in [0.15, 0.2) is 24.3 Å². The number of fused-ring (bicyclic) bond motifs is 1. The molecule has 1 aromatic rings. The first kappa shape index (κ1) is 13.6. The molecule has 1 aliphatic heterocycles. The van der Waals surface area contributed by atoms with Crippen molar-refractivity contribution in [2.75, 3.05) is 31.7 Å². The molecule has 0 unspecified atom stereocenters. The van der Waals surface area contributed by atoms with Crippen LogP contribution in [0.5, 0.6) is 0 Å². The van der Waals surface area contributed by atoms with E-state index in [1.165, 1.54) is 17.3 Å². The summed E-state index contributed by atoms with van der Waals surface area (Å²) in [5, 5.41) is 8.55. The van der Waals surface area contributed by atoms with Crippen molar-refractivity contribution in [1.82, 2.24) is 0 Å². The van der Waals surface area contributed by atoms with Crippen molar-refractivity contribution in [2.24, 2.45) is 0 Å². The fraction of sp³-hybridized carbons (Fsp3) is 0.400. The number of ether oxygens (including phenoxy) is 1. The van der Waals surface area contributed by atoms with Gasteiger partial charge in [-0.15, -0.1) is 0 Å². The lowest BCUT2D eigenvalue weighted by molar-refractivity contribution is -0.138. The van der Waals surface area contributed by atoms with Gasteiger partial charge >= 0.3 is 5.97 Å². The van der Waals surface area contributed by atoms with Gasteiger partial charge in [-0.05, 0) is 42.2 Å². The monoisotopic (exact) mass is 261 g/mol. The molecular formula is C15H19NO3. The van der Waals surface area contributed by atoms with Crippen LogP contribution in [-0.2, 0) is 16.0 Å². The normalized spacial score (nSPS) is 14.5. The smallest absolute Gasteiger partial charge is 0.330 e. The van der Waals surface area contributed by atoms with Gasteiger partial charge in [-0.25, -0.2) is 4.79 Å². The highest BCUT2D eigenvalue weighted by molar-refractivity contribution is 5.87. The predicted molar refractivity (Wildman–Crippen MR) is 75.1 cm³/mol. The summed E-state index contributed by atoms with van der Waals surface area (Å²) >= 11 is 0. The Morgan fingerprint density at radius 1 is 1.53 bits per heavy atom. The second-order valence-corrected chi connectivity index (χ2v) is 4.64. The van der Waals surface area contributed by atoms with Gasteiger partial charge in [0, 0.05) is 25.4 Å². The zero-order chi connectivity index (χ0) is 13.7. The fourth-order valence-corrected chi connectivity index (χ4v) is 2.27. The molecule has 102 valence electrons. The molecule has 0 bridgehead atoms. The van der Waals surface area contributed by atoms with E-state index in [0.29, 0.717) is 0 Å². The van der Waals surface area contributed by atoms with E-state index in [4.69, 9.17) is 9.84 Å². The highest BCUT2D eigenvalue weighted by atomic mass is 16.5. The zero-order valence-electron chi connectivity index (χ0n) is 11.1. The first-order valence-corrected chi connectivity index (χ1v) is 6.50. The number of rotatable bonds is 4. The van der Waals surface area contributed by atoms with Gasteiger partial charge in [-0.3, -0.25) is 0 Å². The van der Waals surface area contributed by atoms with Crippen LogP contribution in [0.3, 0.4) is 0 Å². The molecule has 0 amide bonds. The number of hydrogen-bond donors (Lipinski definition) is 1. The number of hydrogen-bond acceptors (Lipinski definition) is 4. The molecular weight excluding hydrogens is 242 g/mol. The summed E-state index contributed by atoms with van der Waals surface area (Å²) in [6.07, 6.45) is 5.38. The molecule has 4 heteroatoms. The molecule has 1 aromatic carbocycles. The predicted octanol–water partition coefficient (Wildman–Crippen LogP) is 1.62. The minimum absolute atomic E-state index is 0.0398. The Morgan fingerprint density at radius 2 is 2.37 bits per heavy atom. The molecule has 0 aromatic heterocycles. The molecule has 0 radical (unpaired) electrons. The number of esters is 1. The number of benzene rings is 1.